The van der Waals surface area contributed by atoms with E-state index in [1.165, 1.54) is 49.5 Å². The molecule has 2 heterocycles. The molecule has 0 spiro atoms. The highest BCUT2D eigenvalue weighted by atomic mass is 15.1. The van der Waals surface area contributed by atoms with Crippen LogP contribution in [0.3, 0.4) is 0 Å². The van der Waals surface area contributed by atoms with E-state index in [9.17, 15) is 0 Å². The van der Waals surface area contributed by atoms with Gasteiger partial charge in [-0.05, 0) is 36.7 Å². The number of rotatable bonds is 3. The third kappa shape index (κ3) is 2.30. The summed E-state index contributed by atoms with van der Waals surface area (Å²) in [6.07, 6.45) is 13.1. The van der Waals surface area contributed by atoms with Crippen LogP contribution in [0.5, 0.6) is 0 Å². The molecule has 2 aliphatic carbocycles. The molecule has 112 valence electrons. The van der Waals surface area contributed by atoms with Crippen molar-refractivity contribution in [1.82, 2.24) is 15.0 Å². The first-order valence-electron chi connectivity index (χ1n) is 8.42. The van der Waals surface area contributed by atoms with E-state index in [0.717, 1.165) is 29.7 Å². The van der Waals surface area contributed by atoms with Crippen LogP contribution >= 0.6 is 0 Å². The first kappa shape index (κ1) is 13.1. The number of aromatic amines is 1. The quantitative estimate of drug-likeness (QED) is 0.898. The minimum Gasteiger partial charge on any atom is -0.367 e. The fraction of sp³-hybridized carbons (Fsp3) is 0.647. The van der Waals surface area contributed by atoms with Gasteiger partial charge in [-0.15, -0.1) is 0 Å². The number of anilines is 1. The molecule has 4 heteroatoms. The maximum Gasteiger partial charge on any atom is 0.143 e. The van der Waals surface area contributed by atoms with Crippen molar-refractivity contribution in [3.8, 4) is 0 Å². The maximum absolute atomic E-state index is 4.53. The molecule has 4 rings (SSSR count). The summed E-state index contributed by atoms with van der Waals surface area (Å²) >= 11 is 0. The molecule has 0 saturated heterocycles. The van der Waals surface area contributed by atoms with E-state index in [-0.39, 0.29) is 0 Å². The molecule has 0 radical (unpaired) electrons. The average molecular weight is 284 g/mol. The Balaban J connectivity index is 1.58. The lowest BCUT2D eigenvalue weighted by atomic mass is 9.82. The highest BCUT2D eigenvalue weighted by molar-refractivity contribution is 5.90. The Labute approximate surface area is 125 Å². The van der Waals surface area contributed by atoms with Crippen LogP contribution in [0.1, 0.15) is 51.0 Å². The molecule has 0 amide bonds. The minimum absolute atomic E-state index is 0.593. The largest absolute Gasteiger partial charge is 0.367 e. The number of hydrogen-bond acceptors (Lipinski definition) is 3. The Morgan fingerprint density at radius 3 is 2.67 bits per heavy atom. The molecule has 1 unspecified atom stereocenters. The number of nitrogens with one attached hydrogen (secondary N) is 2. The van der Waals surface area contributed by atoms with Crippen LogP contribution in [0.15, 0.2) is 12.5 Å². The number of nitrogens with zero attached hydrogens (tertiary/aromatic N) is 2. The van der Waals surface area contributed by atoms with Crippen molar-refractivity contribution in [3.05, 3.63) is 18.1 Å². The Morgan fingerprint density at radius 1 is 1.19 bits per heavy atom. The van der Waals surface area contributed by atoms with Crippen LogP contribution in [0, 0.1) is 11.8 Å². The number of hydrogen-bond donors (Lipinski definition) is 2. The lowest BCUT2D eigenvalue weighted by Crippen LogP contribution is -2.17. The van der Waals surface area contributed by atoms with E-state index in [1.54, 1.807) is 6.33 Å². The van der Waals surface area contributed by atoms with E-state index in [0.29, 0.717) is 6.04 Å². The van der Waals surface area contributed by atoms with Crippen LogP contribution in [0.2, 0.25) is 0 Å². The summed E-state index contributed by atoms with van der Waals surface area (Å²) in [4.78, 5) is 12.1. The number of fused-ring (bicyclic) bond motifs is 2. The molecule has 0 bridgehead atoms. The van der Waals surface area contributed by atoms with Gasteiger partial charge in [-0.25, -0.2) is 9.97 Å². The van der Waals surface area contributed by atoms with Gasteiger partial charge in [0.1, 0.15) is 17.8 Å². The van der Waals surface area contributed by atoms with Crippen molar-refractivity contribution in [2.24, 2.45) is 11.8 Å². The molecule has 0 aliphatic heterocycles. The van der Waals surface area contributed by atoms with E-state index < -0.39 is 0 Å². The van der Waals surface area contributed by atoms with Crippen molar-refractivity contribution in [2.75, 3.05) is 5.32 Å². The maximum atomic E-state index is 4.53. The summed E-state index contributed by atoms with van der Waals surface area (Å²) < 4.78 is 0. The van der Waals surface area contributed by atoms with Gasteiger partial charge in [0.25, 0.3) is 0 Å². The van der Waals surface area contributed by atoms with Gasteiger partial charge < -0.3 is 10.3 Å². The molecule has 2 aliphatic rings. The Morgan fingerprint density at radius 2 is 1.95 bits per heavy atom. The van der Waals surface area contributed by atoms with Crippen LogP contribution in [-0.2, 0) is 6.42 Å². The fourth-order valence-corrected chi connectivity index (χ4v) is 4.46. The Kier molecular flexibility index (Phi) is 3.32. The standard InChI is InChI=1S/C17H24N4/c1-2-11-9-18-16-15(11)17(20-10-19-16)21-14-7-12-5-3-4-6-13(12)8-14/h9-10,12-14H,2-8H2,1H3,(H2,18,19,20,21)/t12-,13+,14?. The zero-order valence-electron chi connectivity index (χ0n) is 12.7. The molecule has 2 aromatic rings. The summed E-state index contributed by atoms with van der Waals surface area (Å²) in [5, 5.41) is 4.92. The molecule has 3 atom stereocenters. The molecule has 4 nitrogen and oxygen atoms in total. The highest BCUT2D eigenvalue weighted by Crippen LogP contribution is 2.43. The van der Waals surface area contributed by atoms with E-state index in [2.05, 4.69) is 33.4 Å². The van der Waals surface area contributed by atoms with Crippen LogP contribution in [0.25, 0.3) is 11.0 Å². The second-order valence-corrected chi connectivity index (χ2v) is 6.73. The normalized spacial score (nSPS) is 28.7. The van der Waals surface area contributed by atoms with Crippen LogP contribution in [0.4, 0.5) is 5.82 Å². The third-order valence-electron chi connectivity index (χ3n) is 5.51. The summed E-state index contributed by atoms with van der Waals surface area (Å²) in [5.41, 5.74) is 2.27. The van der Waals surface area contributed by atoms with Gasteiger partial charge in [-0.3, -0.25) is 0 Å². The van der Waals surface area contributed by atoms with E-state index in [4.69, 9.17) is 0 Å². The first-order chi connectivity index (χ1) is 10.3. The predicted molar refractivity (Wildman–Crippen MR) is 85.4 cm³/mol. The van der Waals surface area contributed by atoms with Gasteiger partial charge in [0.05, 0.1) is 5.39 Å². The summed E-state index contributed by atoms with van der Waals surface area (Å²) in [7, 11) is 0. The fourth-order valence-electron chi connectivity index (χ4n) is 4.46. The monoisotopic (exact) mass is 284 g/mol. The van der Waals surface area contributed by atoms with Crippen molar-refractivity contribution in [1.29, 1.82) is 0 Å². The number of aromatic nitrogens is 3. The molecule has 2 N–H and O–H groups in total. The van der Waals surface area contributed by atoms with Crippen molar-refractivity contribution >= 4 is 16.9 Å². The van der Waals surface area contributed by atoms with Gasteiger partial charge in [0.2, 0.25) is 0 Å². The molecular formula is C17H24N4. The minimum atomic E-state index is 0.593. The second kappa shape index (κ2) is 5.32. The van der Waals surface area contributed by atoms with Crippen LogP contribution < -0.4 is 5.32 Å². The van der Waals surface area contributed by atoms with Crippen molar-refractivity contribution < 1.29 is 0 Å². The van der Waals surface area contributed by atoms with E-state index >= 15 is 0 Å². The first-order valence-corrected chi connectivity index (χ1v) is 8.42. The van der Waals surface area contributed by atoms with Crippen molar-refractivity contribution in [2.45, 2.75) is 57.9 Å². The number of aryl methyl sites for hydroxylation is 1. The molecule has 2 fully saturated rings. The summed E-state index contributed by atoms with van der Waals surface area (Å²) in [6.45, 7) is 2.18. The van der Waals surface area contributed by atoms with Crippen molar-refractivity contribution in [3.63, 3.8) is 0 Å². The smallest absolute Gasteiger partial charge is 0.143 e. The summed E-state index contributed by atoms with van der Waals surface area (Å²) in [5.74, 6) is 2.93. The molecule has 0 aromatic carbocycles. The Bertz CT molecular complexity index is 619. The van der Waals surface area contributed by atoms with Gasteiger partial charge >= 0.3 is 0 Å². The zero-order valence-corrected chi connectivity index (χ0v) is 12.7. The molecule has 2 saturated carbocycles. The van der Waals surface area contributed by atoms with Gasteiger partial charge in [-0.1, -0.05) is 32.6 Å². The predicted octanol–water partition coefficient (Wildman–Crippen LogP) is 3.90. The average Bonchev–Trinajstić information content (AvgIpc) is 3.10. The SMILES string of the molecule is CCc1c[nH]c2ncnc(NC3C[C@H]4CCCC[C@H]4C3)c12. The van der Waals surface area contributed by atoms with Gasteiger partial charge in [-0.2, -0.15) is 0 Å². The van der Waals surface area contributed by atoms with Gasteiger partial charge in [0.15, 0.2) is 0 Å². The highest BCUT2D eigenvalue weighted by Gasteiger charge is 2.35. The second-order valence-electron chi connectivity index (χ2n) is 6.73. The lowest BCUT2D eigenvalue weighted by molar-refractivity contribution is 0.277. The Hall–Kier alpha value is -1.58. The molecule has 2 aromatic heterocycles. The molecule has 21 heavy (non-hydrogen) atoms. The lowest BCUT2D eigenvalue weighted by Gasteiger charge is -2.23. The van der Waals surface area contributed by atoms with Gasteiger partial charge in [0, 0.05) is 12.2 Å². The zero-order chi connectivity index (χ0) is 14.2. The topological polar surface area (TPSA) is 53.6 Å². The van der Waals surface area contributed by atoms with E-state index in [1.807, 2.05) is 0 Å². The number of H-pyrrole nitrogens is 1. The molecular weight excluding hydrogens is 260 g/mol. The van der Waals surface area contributed by atoms with Crippen LogP contribution in [-0.4, -0.2) is 21.0 Å². The summed E-state index contributed by atoms with van der Waals surface area (Å²) in [6, 6.07) is 0.593. The third-order valence-corrected chi connectivity index (χ3v) is 5.51.